The first-order chi connectivity index (χ1) is 12.6. The van der Waals surface area contributed by atoms with Crippen molar-refractivity contribution in [2.75, 3.05) is 17.7 Å². The van der Waals surface area contributed by atoms with Crippen LogP contribution in [0.5, 0.6) is 5.75 Å². The number of ether oxygens (including phenoxy) is 1. The molecular weight excluding hydrogens is 333 g/mol. The fourth-order valence-electron chi connectivity index (χ4n) is 3.34. The maximum Gasteiger partial charge on any atom is 0.241 e. The number of rotatable bonds is 4. The fraction of sp³-hybridized carbons (Fsp3) is 0.263. The topological polar surface area (TPSA) is 78.0 Å². The Labute approximate surface area is 150 Å². The molecule has 0 spiro atoms. The monoisotopic (exact) mass is 353 g/mol. The molecule has 2 atom stereocenters. The molecule has 1 aromatic heterocycles. The van der Waals surface area contributed by atoms with Crippen LogP contribution in [0.25, 0.3) is 0 Å². The molecule has 3 N–H and O–H groups in total. The van der Waals surface area contributed by atoms with Crippen LogP contribution in [0.15, 0.2) is 48.5 Å². The first-order valence-electron chi connectivity index (χ1n) is 8.61. The number of benzene rings is 2. The van der Waals surface area contributed by atoms with Gasteiger partial charge in [-0.15, -0.1) is 5.10 Å². The number of hydrogen-bond acceptors (Lipinski definition) is 5. The molecule has 0 saturated carbocycles. The minimum Gasteiger partial charge on any atom is -0.494 e. The zero-order valence-corrected chi connectivity index (χ0v) is 14.4. The number of nitrogen functional groups attached to an aromatic ring is 1. The second kappa shape index (κ2) is 6.67. The normalized spacial score (nSPS) is 18.8. The summed E-state index contributed by atoms with van der Waals surface area (Å²) < 4.78 is 20.6. The lowest BCUT2D eigenvalue weighted by Crippen LogP contribution is -2.28. The molecule has 0 fully saturated rings. The summed E-state index contributed by atoms with van der Waals surface area (Å²) in [4.78, 5) is 4.29. The van der Waals surface area contributed by atoms with E-state index in [2.05, 4.69) is 15.4 Å². The van der Waals surface area contributed by atoms with E-state index in [0.717, 1.165) is 23.3 Å². The first-order valence-corrected chi connectivity index (χ1v) is 8.61. The molecule has 4 rings (SSSR count). The van der Waals surface area contributed by atoms with Crippen molar-refractivity contribution in [1.29, 1.82) is 0 Å². The molecule has 2 aromatic carbocycles. The molecule has 0 amide bonds. The Morgan fingerprint density at radius 3 is 2.54 bits per heavy atom. The molecule has 0 unspecified atom stereocenters. The van der Waals surface area contributed by atoms with E-state index < -0.39 is 0 Å². The summed E-state index contributed by atoms with van der Waals surface area (Å²) in [7, 11) is 0. The van der Waals surface area contributed by atoms with Gasteiger partial charge in [0.1, 0.15) is 11.6 Å². The predicted octanol–water partition coefficient (Wildman–Crippen LogP) is 3.54. The number of hydrogen-bond donors (Lipinski definition) is 2. The van der Waals surface area contributed by atoms with Gasteiger partial charge in [0.2, 0.25) is 11.9 Å². The summed E-state index contributed by atoms with van der Waals surface area (Å²) in [5.41, 5.74) is 7.90. The maximum absolute atomic E-state index is 13.3. The molecule has 0 aliphatic carbocycles. The van der Waals surface area contributed by atoms with Crippen molar-refractivity contribution in [3.8, 4) is 5.75 Å². The number of nitrogens with two attached hydrogens (primary N) is 1. The molecule has 134 valence electrons. The molecule has 6 nitrogen and oxygen atoms in total. The van der Waals surface area contributed by atoms with E-state index in [1.165, 1.54) is 12.1 Å². The standard InChI is InChI=1S/C19H20FN5O/c1-2-26-15-9-5-13(6-10-15)17-11-16(12-3-7-14(20)8-4-12)22-19-23-18(21)24-25(17)19/h3-10,16-17H,2,11H2,1H3,(H3,21,22,23,24)/t16-,17+/m0/s1. The quantitative estimate of drug-likeness (QED) is 0.750. The molecule has 26 heavy (non-hydrogen) atoms. The van der Waals surface area contributed by atoms with Crippen LogP contribution < -0.4 is 15.8 Å². The zero-order valence-electron chi connectivity index (χ0n) is 14.4. The fourth-order valence-corrected chi connectivity index (χ4v) is 3.34. The highest BCUT2D eigenvalue weighted by molar-refractivity contribution is 5.42. The van der Waals surface area contributed by atoms with Gasteiger partial charge in [0, 0.05) is 0 Å². The van der Waals surface area contributed by atoms with Crippen molar-refractivity contribution in [2.45, 2.75) is 25.4 Å². The molecule has 1 aliphatic heterocycles. The van der Waals surface area contributed by atoms with Gasteiger partial charge in [-0.25, -0.2) is 9.07 Å². The third kappa shape index (κ3) is 3.08. The smallest absolute Gasteiger partial charge is 0.241 e. The van der Waals surface area contributed by atoms with Gasteiger partial charge < -0.3 is 15.8 Å². The highest BCUT2D eigenvalue weighted by atomic mass is 19.1. The number of halogens is 1. The first kappa shape index (κ1) is 16.4. The predicted molar refractivity (Wildman–Crippen MR) is 97.6 cm³/mol. The third-order valence-electron chi connectivity index (χ3n) is 4.55. The van der Waals surface area contributed by atoms with Crippen LogP contribution >= 0.6 is 0 Å². The minimum atomic E-state index is -0.250. The van der Waals surface area contributed by atoms with Crippen LogP contribution in [-0.4, -0.2) is 21.4 Å². The molecule has 2 heterocycles. The number of aromatic nitrogens is 3. The van der Waals surface area contributed by atoms with Crippen LogP contribution in [0.1, 0.15) is 36.6 Å². The van der Waals surface area contributed by atoms with Crippen molar-refractivity contribution in [1.82, 2.24) is 14.8 Å². The van der Waals surface area contributed by atoms with E-state index in [1.807, 2.05) is 35.9 Å². The lowest BCUT2D eigenvalue weighted by atomic mass is 9.93. The van der Waals surface area contributed by atoms with Gasteiger partial charge in [0.15, 0.2) is 0 Å². The Kier molecular flexibility index (Phi) is 4.20. The van der Waals surface area contributed by atoms with Crippen molar-refractivity contribution in [2.24, 2.45) is 0 Å². The molecule has 7 heteroatoms. The van der Waals surface area contributed by atoms with Gasteiger partial charge in [0.05, 0.1) is 18.7 Å². The van der Waals surface area contributed by atoms with Gasteiger partial charge in [0.25, 0.3) is 0 Å². The zero-order chi connectivity index (χ0) is 18.1. The SMILES string of the molecule is CCOc1ccc([C@H]2C[C@@H](c3ccc(F)cc3)Nc3nc(N)nn32)cc1. The van der Waals surface area contributed by atoms with E-state index in [9.17, 15) is 4.39 Å². The lowest BCUT2D eigenvalue weighted by molar-refractivity contribution is 0.340. The minimum absolute atomic E-state index is 0.0109. The average Bonchev–Trinajstić information content (AvgIpc) is 3.02. The Balaban J connectivity index is 1.69. The summed E-state index contributed by atoms with van der Waals surface area (Å²) >= 11 is 0. The van der Waals surface area contributed by atoms with Crippen molar-refractivity contribution < 1.29 is 9.13 Å². The van der Waals surface area contributed by atoms with Gasteiger partial charge in [-0.3, -0.25) is 0 Å². The number of nitrogens with one attached hydrogen (secondary N) is 1. The highest BCUT2D eigenvalue weighted by Gasteiger charge is 2.30. The van der Waals surface area contributed by atoms with Crippen LogP contribution in [-0.2, 0) is 0 Å². The Morgan fingerprint density at radius 1 is 1.15 bits per heavy atom. The largest absolute Gasteiger partial charge is 0.494 e. The summed E-state index contributed by atoms with van der Waals surface area (Å²) in [6.07, 6.45) is 0.745. The van der Waals surface area contributed by atoms with E-state index >= 15 is 0 Å². The van der Waals surface area contributed by atoms with Crippen molar-refractivity contribution in [3.05, 3.63) is 65.5 Å². The van der Waals surface area contributed by atoms with Crippen molar-refractivity contribution in [3.63, 3.8) is 0 Å². The highest BCUT2D eigenvalue weighted by Crippen LogP contribution is 2.38. The maximum atomic E-state index is 13.3. The van der Waals surface area contributed by atoms with Crippen LogP contribution in [0, 0.1) is 5.82 Å². The molecule has 0 radical (unpaired) electrons. The van der Waals surface area contributed by atoms with Gasteiger partial charge in [-0.05, 0) is 48.7 Å². The van der Waals surface area contributed by atoms with Gasteiger partial charge in [-0.1, -0.05) is 24.3 Å². The van der Waals surface area contributed by atoms with E-state index in [4.69, 9.17) is 10.5 Å². The van der Waals surface area contributed by atoms with E-state index in [1.54, 1.807) is 12.1 Å². The molecule has 1 aliphatic rings. The third-order valence-corrected chi connectivity index (χ3v) is 4.55. The van der Waals surface area contributed by atoms with Gasteiger partial charge >= 0.3 is 0 Å². The molecule has 0 saturated heterocycles. The average molecular weight is 353 g/mol. The molecular formula is C19H20FN5O. The number of fused-ring (bicyclic) bond motifs is 1. The summed E-state index contributed by atoms with van der Waals surface area (Å²) in [5.74, 6) is 1.42. The van der Waals surface area contributed by atoms with Crippen LogP contribution in [0.2, 0.25) is 0 Å². The Morgan fingerprint density at radius 2 is 1.85 bits per heavy atom. The second-order valence-electron chi connectivity index (χ2n) is 6.24. The second-order valence-corrected chi connectivity index (χ2v) is 6.24. The molecule has 0 bridgehead atoms. The van der Waals surface area contributed by atoms with E-state index in [-0.39, 0.29) is 23.8 Å². The molecule has 3 aromatic rings. The van der Waals surface area contributed by atoms with Crippen LogP contribution in [0.3, 0.4) is 0 Å². The van der Waals surface area contributed by atoms with Crippen molar-refractivity contribution >= 4 is 11.9 Å². The van der Waals surface area contributed by atoms with E-state index in [0.29, 0.717) is 12.6 Å². The van der Waals surface area contributed by atoms with Gasteiger partial charge in [-0.2, -0.15) is 4.98 Å². The Hall–Kier alpha value is -3.09. The lowest BCUT2D eigenvalue weighted by Gasteiger charge is -2.31. The van der Waals surface area contributed by atoms with Crippen LogP contribution in [0.4, 0.5) is 16.3 Å². The Bertz CT molecular complexity index is 891. The summed E-state index contributed by atoms with van der Waals surface area (Å²) in [5, 5.41) is 7.69. The summed E-state index contributed by atoms with van der Waals surface area (Å²) in [6.45, 7) is 2.58. The summed E-state index contributed by atoms with van der Waals surface area (Å²) in [6, 6.07) is 14.4. The number of anilines is 2. The number of nitrogens with zero attached hydrogens (tertiary/aromatic N) is 3.